The fourth-order valence-corrected chi connectivity index (χ4v) is 2.71. The fourth-order valence-electron chi connectivity index (χ4n) is 2.44. The van der Waals surface area contributed by atoms with Crippen molar-refractivity contribution in [1.82, 2.24) is 0 Å². The maximum Gasteiger partial charge on any atom is 0.231 e. The van der Waals surface area contributed by atoms with Gasteiger partial charge in [0.05, 0.1) is 18.7 Å². The lowest BCUT2D eigenvalue weighted by Gasteiger charge is -2.11. The van der Waals surface area contributed by atoms with Crippen LogP contribution in [-0.2, 0) is 0 Å². The SMILES string of the molecule is CCOc1c(Cl)cc(/C=C/C(=O)c2ccc3c(c2)OCO3)cc1OC. The number of hydrogen-bond acceptors (Lipinski definition) is 5. The zero-order valence-corrected chi connectivity index (χ0v) is 14.6. The highest BCUT2D eigenvalue weighted by atomic mass is 35.5. The van der Waals surface area contributed by atoms with Gasteiger partial charge in [0.15, 0.2) is 28.8 Å². The van der Waals surface area contributed by atoms with Crippen molar-refractivity contribution in [2.75, 3.05) is 20.5 Å². The summed E-state index contributed by atoms with van der Waals surface area (Å²) in [6, 6.07) is 8.58. The number of benzene rings is 2. The van der Waals surface area contributed by atoms with Gasteiger partial charge >= 0.3 is 0 Å². The van der Waals surface area contributed by atoms with Gasteiger partial charge in [0.1, 0.15) is 0 Å². The molecule has 0 amide bonds. The molecule has 3 rings (SSSR count). The van der Waals surface area contributed by atoms with Crippen LogP contribution in [0, 0.1) is 0 Å². The van der Waals surface area contributed by atoms with Crippen LogP contribution in [0.5, 0.6) is 23.0 Å². The number of fused-ring (bicyclic) bond motifs is 1. The van der Waals surface area contributed by atoms with Crippen molar-refractivity contribution >= 4 is 23.5 Å². The lowest BCUT2D eigenvalue weighted by Crippen LogP contribution is -1.97. The molecule has 0 fully saturated rings. The Morgan fingerprint density at radius 1 is 1.24 bits per heavy atom. The number of halogens is 1. The first-order chi connectivity index (χ1) is 12.1. The molecular weight excluding hydrogens is 344 g/mol. The van der Waals surface area contributed by atoms with Crippen molar-refractivity contribution in [3.05, 3.63) is 52.6 Å². The Morgan fingerprint density at radius 3 is 2.80 bits per heavy atom. The lowest BCUT2D eigenvalue weighted by atomic mass is 10.1. The quantitative estimate of drug-likeness (QED) is 0.565. The van der Waals surface area contributed by atoms with Crippen LogP contribution in [0.1, 0.15) is 22.8 Å². The van der Waals surface area contributed by atoms with Crippen LogP contribution in [0.25, 0.3) is 6.08 Å². The number of carbonyl (C=O) groups excluding carboxylic acids is 1. The molecule has 0 aromatic heterocycles. The topological polar surface area (TPSA) is 54.0 Å². The molecule has 1 aliphatic rings. The molecular formula is C19H17ClO5. The average molecular weight is 361 g/mol. The van der Waals surface area contributed by atoms with E-state index in [1.54, 1.807) is 43.5 Å². The molecule has 1 heterocycles. The second kappa shape index (κ2) is 7.49. The van der Waals surface area contributed by atoms with E-state index in [2.05, 4.69) is 0 Å². The van der Waals surface area contributed by atoms with E-state index in [1.165, 1.54) is 6.08 Å². The Hall–Kier alpha value is -2.66. The summed E-state index contributed by atoms with van der Waals surface area (Å²) in [4.78, 5) is 12.4. The van der Waals surface area contributed by atoms with E-state index in [0.717, 1.165) is 5.56 Å². The van der Waals surface area contributed by atoms with Gasteiger partial charge in [0.25, 0.3) is 0 Å². The van der Waals surface area contributed by atoms with Crippen LogP contribution in [0.2, 0.25) is 5.02 Å². The molecule has 0 spiro atoms. The monoisotopic (exact) mass is 360 g/mol. The van der Waals surface area contributed by atoms with Crippen LogP contribution in [0.15, 0.2) is 36.4 Å². The summed E-state index contributed by atoms with van der Waals surface area (Å²) in [5.74, 6) is 2.08. The first kappa shape index (κ1) is 17.2. The third-order valence-corrected chi connectivity index (χ3v) is 3.91. The van der Waals surface area contributed by atoms with Gasteiger partial charge in [-0.15, -0.1) is 0 Å². The van der Waals surface area contributed by atoms with Gasteiger partial charge in [-0.3, -0.25) is 4.79 Å². The van der Waals surface area contributed by atoms with Gasteiger partial charge in [-0.2, -0.15) is 0 Å². The predicted molar refractivity (Wildman–Crippen MR) is 95.1 cm³/mol. The van der Waals surface area contributed by atoms with Crippen LogP contribution in [0.4, 0.5) is 0 Å². The number of ketones is 1. The van der Waals surface area contributed by atoms with Crippen molar-refractivity contribution in [3.8, 4) is 23.0 Å². The normalized spacial score (nSPS) is 12.4. The molecule has 5 nitrogen and oxygen atoms in total. The van der Waals surface area contributed by atoms with E-state index in [1.807, 2.05) is 6.92 Å². The molecule has 0 aliphatic carbocycles. The van der Waals surface area contributed by atoms with E-state index in [0.29, 0.717) is 40.2 Å². The van der Waals surface area contributed by atoms with Crippen molar-refractivity contribution in [2.45, 2.75) is 6.92 Å². The van der Waals surface area contributed by atoms with E-state index in [9.17, 15) is 4.79 Å². The highest BCUT2D eigenvalue weighted by Crippen LogP contribution is 2.37. The smallest absolute Gasteiger partial charge is 0.231 e. The molecule has 2 aromatic rings. The Bertz CT molecular complexity index is 829. The summed E-state index contributed by atoms with van der Waals surface area (Å²) in [7, 11) is 1.54. The Labute approximate surface area is 150 Å². The van der Waals surface area contributed by atoms with Gasteiger partial charge in [0, 0.05) is 5.56 Å². The minimum atomic E-state index is -0.151. The standard InChI is InChI=1S/C19H17ClO5/c1-3-23-19-14(20)8-12(9-18(19)22-2)4-6-15(21)13-5-7-16-17(10-13)25-11-24-16/h4-10H,3,11H2,1-2H3/b6-4+. The van der Waals surface area contributed by atoms with Gasteiger partial charge in [-0.1, -0.05) is 17.7 Å². The molecule has 6 heteroatoms. The van der Waals surface area contributed by atoms with E-state index >= 15 is 0 Å². The van der Waals surface area contributed by atoms with Crippen LogP contribution >= 0.6 is 11.6 Å². The second-order valence-electron chi connectivity index (χ2n) is 5.23. The summed E-state index contributed by atoms with van der Waals surface area (Å²) in [5, 5.41) is 0.427. The van der Waals surface area contributed by atoms with Crippen LogP contribution in [0.3, 0.4) is 0 Å². The number of carbonyl (C=O) groups is 1. The zero-order chi connectivity index (χ0) is 17.8. The van der Waals surface area contributed by atoms with Gasteiger partial charge in [0.2, 0.25) is 6.79 Å². The van der Waals surface area contributed by atoms with Crippen LogP contribution < -0.4 is 18.9 Å². The molecule has 0 saturated heterocycles. The molecule has 0 N–H and O–H groups in total. The molecule has 0 radical (unpaired) electrons. The fraction of sp³-hybridized carbons (Fsp3) is 0.211. The van der Waals surface area contributed by atoms with Gasteiger partial charge < -0.3 is 18.9 Å². The maximum absolute atomic E-state index is 12.4. The molecule has 0 unspecified atom stereocenters. The largest absolute Gasteiger partial charge is 0.493 e. The number of hydrogen-bond donors (Lipinski definition) is 0. The molecule has 0 saturated carbocycles. The van der Waals surface area contributed by atoms with Gasteiger partial charge in [-0.05, 0) is 48.9 Å². The molecule has 2 aromatic carbocycles. The molecule has 1 aliphatic heterocycles. The van der Waals surface area contributed by atoms with Crippen molar-refractivity contribution in [1.29, 1.82) is 0 Å². The number of rotatable bonds is 6. The Kier molecular flexibility index (Phi) is 5.14. The summed E-state index contributed by atoms with van der Waals surface area (Å²) in [5.41, 5.74) is 1.25. The summed E-state index contributed by atoms with van der Waals surface area (Å²) >= 11 is 6.23. The molecule has 0 bridgehead atoms. The molecule has 130 valence electrons. The maximum atomic E-state index is 12.4. The number of allylic oxidation sites excluding steroid dienone is 1. The third kappa shape index (κ3) is 3.72. The number of ether oxygens (including phenoxy) is 4. The highest BCUT2D eigenvalue weighted by molar-refractivity contribution is 6.32. The lowest BCUT2D eigenvalue weighted by molar-refractivity contribution is 0.104. The van der Waals surface area contributed by atoms with E-state index in [4.69, 9.17) is 30.5 Å². The second-order valence-corrected chi connectivity index (χ2v) is 5.64. The van der Waals surface area contributed by atoms with Crippen molar-refractivity contribution in [2.24, 2.45) is 0 Å². The highest BCUT2D eigenvalue weighted by Gasteiger charge is 2.15. The zero-order valence-electron chi connectivity index (χ0n) is 13.9. The van der Waals surface area contributed by atoms with Gasteiger partial charge in [-0.25, -0.2) is 0 Å². The van der Waals surface area contributed by atoms with Crippen molar-refractivity contribution in [3.63, 3.8) is 0 Å². The summed E-state index contributed by atoms with van der Waals surface area (Å²) in [6.45, 7) is 2.52. The first-order valence-electron chi connectivity index (χ1n) is 7.74. The average Bonchev–Trinajstić information content (AvgIpc) is 3.09. The van der Waals surface area contributed by atoms with Crippen molar-refractivity contribution < 1.29 is 23.7 Å². The molecule has 0 atom stereocenters. The van der Waals surface area contributed by atoms with E-state index < -0.39 is 0 Å². The third-order valence-electron chi connectivity index (χ3n) is 3.62. The summed E-state index contributed by atoms with van der Waals surface area (Å²) in [6.07, 6.45) is 3.15. The minimum Gasteiger partial charge on any atom is -0.493 e. The molecule has 25 heavy (non-hydrogen) atoms. The van der Waals surface area contributed by atoms with E-state index in [-0.39, 0.29) is 12.6 Å². The number of methoxy groups -OCH3 is 1. The Balaban J connectivity index is 1.81. The Morgan fingerprint density at radius 2 is 2.04 bits per heavy atom. The predicted octanol–water partition coefficient (Wildman–Crippen LogP) is 4.37. The first-order valence-corrected chi connectivity index (χ1v) is 8.12. The van der Waals surface area contributed by atoms with Crippen LogP contribution in [-0.4, -0.2) is 26.3 Å². The minimum absolute atomic E-state index is 0.151. The summed E-state index contributed by atoms with van der Waals surface area (Å²) < 4.78 is 21.3.